The summed E-state index contributed by atoms with van der Waals surface area (Å²) in [4.78, 5) is 8.58. The number of aryl methyl sites for hydroxylation is 1. The number of phosphoric acid groups is 1. The van der Waals surface area contributed by atoms with Gasteiger partial charge in [0.05, 0.1) is 0 Å². The molecule has 1 atom stereocenters. The minimum absolute atomic E-state index is 0.262. The van der Waals surface area contributed by atoms with Crippen molar-refractivity contribution in [1.29, 1.82) is 0 Å². The maximum atomic E-state index is 11.5. The van der Waals surface area contributed by atoms with Crippen molar-refractivity contribution in [3.8, 4) is 5.75 Å². The Morgan fingerprint density at radius 3 is 2.47 bits per heavy atom. The van der Waals surface area contributed by atoms with Gasteiger partial charge in [-0.1, -0.05) is 27.0 Å². The summed E-state index contributed by atoms with van der Waals surface area (Å²) in [5.41, 5.74) is 0.999. The molecule has 0 saturated carbocycles. The maximum absolute atomic E-state index is 11.5. The summed E-state index contributed by atoms with van der Waals surface area (Å²) in [6, 6.07) is 6.61. The first-order valence-corrected chi connectivity index (χ1v) is 6.32. The standard InChI is InChI=1S/C9H9O9P/c1-6-2-4-7(5-3-6)13-16-18-19(12)15-9(11)8(10)14-17-19/h2-5,10-11H,1H3. The van der Waals surface area contributed by atoms with Crippen LogP contribution in [0.2, 0.25) is 0 Å². The van der Waals surface area contributed by atoms with Crippen molar-refractivity contribution in [3.63, 3.8) is 0 Å². The van der Waals surface area contributed by atoms with Crippen LogP contribution >= 0.6 is 7.82 Å². The number of benzene rings is 1. The van der Waals surface area contributed by atoms with Crippen molar-refractivity contribution in [2.45, 2.75) is 6.92 Å². The first-order chi connectivity index (χ1) is 8.98. The summed E-state index contributed by atoms with van der Waals surface area (Å²) in [5, 5.41) is 21.8. The first kappa shape index (κ1) is 13.5. The van der Waals surface area contributed by atoms with E-state index in [1.165, 1.54) is 0 Å². The Morgan fingerprint density at radius 1 is 1.16 bits per heavy atom. The molecule has 0 aliphatic carbocycles. The summed E-state index contributed by atoms with van der Waals surface area (Å²) in [5.74, 6) is -2.01. The SMILES string of the molecule is Cc1ccc(OOOP2(=O)OOC(O)=C(O)O2)cc1. The maximum Gasteiger partial charge on any atom is 0.600 e. The third-order valence-electron chi connectivity index (χ3n) is 1.86. The Labute approximate surface area is 106 Å². The lowest BCUT2D eigenvalue weighted by Crippen LogP contribution is -2.11. The number of aliphatic hydroxyl groups excluding tert-OH is 2. The van der Waals surface area contributed by atoms with E-state index in [0.29, 0.717) is 0 Å². The molecule has 9 nitrogen and oxygen atoms in total. The molecule has 0 spiro atoms. The van der Waals surface area contributed by atoms with Crippen LogP contribution in [-0.4, -0.2) is 10.2 Å². The van der Waals surface area contributed by atoms with Gasteiger partial charge in [0.2, 0.25) is 0 Å². The highest BCUT2D eigenvalue weighted by Crippen LogP contribution is 2.54. The molecule has 1 aromatic rings. The molecule has 0 aromatic heterocycles. The van der Waals surface area contributed by atoms with Crippen LogP contribution in [0.5, 0.6) is 5.75 Å². The molecule has 104 valence electrons. The van der Waals surface area contributed by atoms with Crippen LogP contribution in [0.15, 0.2) is 36.2 Å². The van der Waals surface area contributed by atoms with E-state index in [9.17, 15) is 4.57 Å². The first-order valence-electron chi connectivity index (χ1n) is 4.86. The Balaban J connectivity index is 1.86. The quantitative estimate of drug-likeness (QED) is 0.491. The van der Waals surface area contributed by atoms with Gasteiger partial charge in [0, 0.05) is 0 Å². The lowest BCUT2D eigenvalue weighted by molar-refractivity contribution is -0.429. The van der Waals surface area contributed by atoms with E-state index in [1.807, 2.05) is 6.92 Å². The van der Waals surface area contributed by atoms with E-state index in [2.05, 4.69) is 28.7 Å². The second-order valence-electron chi connectivity index (χ2n) is 3.35. The van der Waals surface area contributed by atoms with Crippen LogP contribution in [0.3, 0.4) is 0 Å². The molecule has 0 fully saturated rings. The zero-order valence-electron chi connectivity index (χ0n) is 9.51. The molecule has 2 rings (SSSR count). The molecule has 0 bridgehead atoms. The van der Waals surface area contributed by atoms with Gasteiger partial charge >= 0.3 is 19.7 Å². The largest absolute Gasteiger partial charge is 0.600 e. The molecule has 0 radical (unpaired) electrons. The molecular weight excluding hydrogens is 283 g/mol. The predicted molar refractivity (Wildman–Crippen MR) is 57.1 cm³/mol. The summed E-state index contributed by atoms with van der Waals surface area (Å²) < 4.78 is 24.0. The zero-order chi connectivity index (χ0) is 13.9. The minimum atomic E-state index is -4.39. The highest BCUT2D eigenvalue weighted by atomic mass is 31.2. The van der Waals surface area contributed by atoms with Crippen LogP contribution in [0, 0.1) is 6.92 Å². The monoisotopic (exact) mass is 292 g/mol. The summed E-state index contributed by atoms with van der Waals surface area (Å²) >= 11 is 0. The fraction of sp³-hybridized carbons (Fsp3) is 0.111. The molecular formula is C9H9O9P. The second kappa shape index (κ2) is 5.37. The molecule has 1 unspecified atom stereocenters. The third kappa shape index (κ3) is 3.52. The summed E-state index contributed by atoms with van der Waals surface area (Å²) in [6.45, 7) is 1.88. The normalized spacial score (nSPS) is 22.6. The van der Waals surface area contributed by atoms with Crippen LogP contribution in [-0.2, 0) is 28.4 Å². The third-order valence-corrected chi connectivity index (χ3v) is 2.76. The van der Waals surface area contributed by atoms with Crippen molar-refractivity contribution in [2.75, 3.05) is 0 Å². The van der Waals surface area contributed by atoms with Gasteiger partial charge in [-0.05, 0) is 24.1 Å². The highest BCUT2D eigenvalue weighted by Gasteiger charge is 2.41. The number of aliphatic hydroxyl groups is 2. The molecule has 1 aliphatic rings. The van der Waals surface area contributed by atoms with E-state index < -0.39 is 19.7 Å². The Kier molecular flexibility index (Phi) is 3.82. The average molecular weight is 292 g/mol. The average Bonchev–Trinajstić information content (AvgIpc) is 2.37. The number of rotatable bonds is 4. The van der Waals surface area contributed by atoms with Crippen LogP contribution < -0.4 is 4.89 Å². The van der Waals surface area contributed by atoms with Crippen molar-refractivity contribution in [2.24, 2.45) is 0 Å². The molecule has 0 amide bonds. The zero-order valence-corrected chi connectivity index (χ0v) is 10.4. The minimum Gasteiger partial charge on any atom is -0.475 e. The van der Waals surface area contributed by atoms with E-state index in [0.717, 1.165) is 5.56 Å². The lowest BCUT2D eigenvalue weighted by atomic mass is 10.2. The fourth-order valence-corrected chi connectivity index (χ4v) is 1.63. The van der Waals surface area contributed by atoms with Gasteiger partial charge < -0.3 is 19.6 Å². The van der Waals surface area contributed by atoms with E-state index in [1.54, 1.807) is 24.3 Å². The smallest absolute Gasteiger partial charge is 0.475 e. The van der Waals surface area contributed by atoms with Crippen molar-refractivity contribution in [3.05, 3.63) is 41.7 Å². The van der Waals surface area contributed by atoms with Gasteiger partial charge in [-0.2, -0.15) is 0 Å². The van der Waals surface area contributed by atoms with E-state index >= 15 is 0 Å². The summed E-state index contributed by atoms with van der Waals surface area (Å²) in [7, 11) is -4.39. The Bertz CT molecular complexity index is 523. The van der Waals surface area contributed by atoms with Gasteiger partial charge in [-0.25, -0.2) is 4.57 Å². The lowest BCUT2D eigenvalue weighted by Gasteiger charge is -2.18. The van der Waals surface area contributed by atoms with Crippen molar-refractivity contribution < 1.29 is 43.5 Å². The molecule has 1 heterocycles. The van der Waals surface area contributed by atoms with E-state index in [-0.39, 0.29) is 5.75 Å². The Morgan fingerprint density at radius 2 is 1.84 bits per heavy atom. The van der Waals surface area contributed by atoms with Crippen molar-refractivity contribution >= 4 is 7.82 Å². The molecule has 0 saturated heterocycles. The molecule has 1 aliphatic heterocycles. The predicted octanol–water partition coefficient (Wildman–Crippen LogP) is 2.57. The van der Waals surface area contributed by atoms with Gasteiger partial charge in [-0.15, -0.1) is 0 Å². The molecule has 19 heavy (non-hydrogen) atoms. The molecule has 1 aromatic carbocycles. The van der Waals surface area contributed by atoms with Gasteiger partial charge in [0.25, 0.3) is 0 Å². The van der Waals surface area contributed by atoms with E-state index in [4.69, 9.17) is 10.2 Å². The highest BCUT2D eigenvalue weighted by molar-refractivity contribution is 7.48. The summed E-state index contributed by atoms with van der Waals surface area (Å²) in [6.07, 6.45) is 0. The number of hydrogen-bond acceptors (Lipinski definition) is 9. The van der Waals surface area contributed by atoms with Crippen LogP contribution in [0.4, 0.5) is 0 Å². The molecule has 2 N–H and O–H groups in total. The van der Waals surface area contributed by atoms with Crippen LogP contribution in [0.1, 0.15) is 5.56 Å². The van der Waals surface area contributed by atoms with Gasteiger partial charge in [-0.3, -0.25) is 4.89 Å². The number of hydrogen-bond donors (Lipinski definition) is 2. The Hall–Kier alpha value is -1.93. The van der Waals surface area contributed by atoms with Crippen molar-refractivity contribution in [1.82, 2.24) is 0 Å². The topological polar surface area (TPSA) is 113 Å². The van der Waals surface area contributed by atoms with Crippen LogP contribution in [0.25, 0.3) is 0 Å². The molecule has 10 heteroatoms. The van der Waals surface area contributed by atoms with Gasteiger partial charge in [0.1, 0.15) is 0 Å². The van der Waals surface area contributed by atoms with Gasteiger partial charge in [0.15, 0.2) is 5.75 Å². The fourth-order valence-electron chi connectivity index (χ4n) is 0.990. The second-order valence-corrected chi connectivity index (χ2v) is 4.72.